The Kier molecular flexibility index (Phi) is 9.73. The molecule has 0 unspecified atom stereocenters. The van der Waals surface area contributed by atoms with Gasteiger partial charge in [0.1, 0.15) is 0 Å². The molecular weight excluding hydrogens is 394 g/mol. The Morgan fingerprint density at radius 3 is 2.13 bits per heavy atom. The minimum absolute atomic E-state index is 0. The Balaban J connectivity index is 0. The van der Waals surface area contributed by atoms with Gasteiger partial charge < -0.3 is 24.8 Å². The minimum Gasteiger partial charge on any atom is -1.00 e. The first-order valence-electron chi connectivity index (χ1n) is 4.20. The maximum Gasteiger partial charge on any atom is 0 e. The zero-order chi connectivity index (χ0) is 8.39. The van der Waals surface area contributed by atoms with Crippen molar-refractivity contribution in [2.24, 2.45) is 0 Å². The molecule has 0 radical (unpaired) electrons. The molecule has 0 aromatic heterocycles. The Labute approximate surface area is 122 Å². The molecule has 1 aromatic rings. The average molecular weight is 405 g/mol. The monoisotopic (exact) mass is 405 g/mol. The summed E-state index contributed by atoms with van der Waals surface area (Å²) < 4.78 is 0. The summed E-state index contributed by atoms with van der Waals surface area (Å²) in [6.07, 6.45) is 6.46. The van der Waals surface area contributed by atoms with E-state index in [1.54, 1.807) is 0 Å². The Hall–Kier alpha value is 0.150. The molecule has 0 N–H and O–H groups in total. The molecule has 3 heteroatoms. The quantitative estimate of drug-likeness (QED) is 0.351. The Bertz CT molecular complexity index is 342. The molecule has 80 valence electrons. The van der Waals surface area contributed by atoms with Gasteiger partial charge in [-0.05, 0) is 5.56 Å². The summed E-state index contributed by atoms with van der Waals surface area (Å²) in [5.41, 5.74) is 3.96. The first kappa shape index (κ1) is 17.5. The van der Waals surface area contributed by atoms with Crippen molar-refractivity contribution in [2.45, 2.75) is 13.3 Å². The van der Waals surface area contributed by atoms with Crippen LogP contribution in [0.15, 0.2) is 42.0 Å². The molecule has 0 fully saturated rings. The van der Waals surface area contributed by atoms with Gasteiger partial charge in [0.2, 0.25) is 0 Å². The smallest absolute Gasteiger partial charge is 0 e. The molecule has 0 aliphatic heterocycles. The number of halogens is 2. The van der Waals surface area contributed by atoms with Crippen molar-refractivity contribution >= 4 is 5.57 Å². The predicted octanol–water partition coefficient (Wildman–Crippen LogP) is -2.77. The molecular formula is C12H11Cl2Hf-3. The van der Waals surface area contributed by atoms with Crippen molar-refractivity contribution in [3.05, 3.63) is 53.6 Å². The molecule has 0 amide bonds. The van der Waals surface area contributed by atoms with E-state index in [1.807, 2.05) is 6.07 Å². The van der Waals surface area contributed by atoms with E-state index >= 15 is 0 Å². The molecule has 0 saturated carbocycles. The molecule has 0 saturated heterocycles. The van der Waals surface area contributed by atoms with Crippen LogP contribution in [0.1, 0.15) is 18.9 Å². The van der Waals surface area contributed by atoms with E-state index in [0.29, 0.717) is 0 Å². The number of rotatable bonds is 1. The third-order valence-corrected chi connectivity index (χ3v) is 2.09. The maximum atomic E-state index is 3.29. The van der Waals surface area contributed by atoms with Crippen molar-refractivity contribution < 1.29 is 50.7 Å². The number of hydrogen-bond acceptors (Lipinski definition) is 0. The van der Waals surface area contributed by atoms with Crippen molar-refractivity contribution in [3.63, 3.8) is 0 Å². The zero-order valence-electron chi connectivity index (χ0n) is 8.43. The third-order valence-electron chi connectivity index (χ3n) is 2.09. The fourth-order valence-corrected chi connectivity index (χ4v) is 1.44. The van der Waals surface area contributed by atoms with Crippen molar-refractivity contribution in [1.82, 2.24) is 0 Å². The van der Waals surface area contributed by atoms with Gasteiger partial charge >= 0.3 is 0 Å². The Morgan fingerprint density at radius 1 is 1.07 bits per heavy atom. The van der Waals surface area contributed by atoms with Gasteiger partial charge in [0.15, 0.2) is 0 Å². The van der Waals surface area contributed by atoms with Crippen LogP contribution in [-0.2, 0) is 25.8 Å². The summed E-state index contributed by atoms with van der Waals surface area (Å²) >= 11 is 0. The van der Waals surface area contributed by atoms with Crippen LogP contribution in [0.4, 0.5) is 0 Å². The third kappa shape index (κ3) is 4.67. The molecule has 2 rings (SSSR count). The molecule has 0 nitrogen and oxygen atoms in total. The molecule has 1 aromatic carbocycles. The van der Waals surface area contributed by atoms with E-state index in [4.69, 9.17) is 0 Å². The van der Waals surface area contributed by atoms with Gasteiger partial charge in [0.25, 0.3) is 0 Å². The van der Waals surface area contributed by atoms with Gasteiger partial charge in [0, 0.05) is 25.8 Å². The number of allylic oxidation sites excluding steroid dienone is 4. The topological polar surface area (TPSA) is 0 Å². The maximum absolute atomic E-state index is 3.29. The van der Waals surface area contributed by atoms with Crippen LogP contribution >= 0.6 is 0 Å². The zero-order valence-corrected chi connectivity index (χ0v) is 13.5. The normalized spacial score (nSPS) is 12.6. The molecule has 1 aliphatic carbocycles. The van der Waals surface area contributed by atoms with Gasteiger partial charge in [-0.3, -0.25) is 6.08 Å². The van der Waals surface area contributed by atoms with E-state index in [0.717, 1.165) is 6.42 Å². The summed E-state index contributed by atoms with van der Waals surface area (Å²) in [6.45, 7) is 2.09. The van der Waals surface area contributed by atoms with Crippen LogP contribution in [0, 0.1) is 6.08 Å². The molecule has 0 heterocycles. The summed E-state index contributed by atoms with van der Waals surface area (Å²) in [5.74, 6) is 0. The van der Waals surface area contributed by atoms with Gasteiger partial charge in [-0.1, -0.05) is 37.3 Å². The van der Waals surface area contributed by atoms with E-state index in [-0.39, 0.29) is 50.7 Å². The molecule has 0 atom stereocenters. The summed E-state index contributed by atoms with van der Waals surface area (Å²) in [5, 5.41) is 0. The van der Waals surface area contributed by atoms with Crippen molar-refractivity contribution in [1.29, 1.82) is 0 Å². The largest absolute Gasteiger partial charge is 1.00 e. The second-order valence-electron chi connectivity index (χ2n) is 3.07. The SMILES string of the molecule is CC1=[C-]CC(c2ccccc2)=C1.[Cl-].[Cl-].[Hf]. The van der Waals surface area contributed by atoms with Crippen LogP contribution in [0.3, 0.4) is 0 Å². The second kappa shape index (κ2) is 8.32. The summed E-state index contributed by atoms with van der Waals surface area (Å²) in [7, 11) is 0. The van der Waals surface area contributed by atoms with Gasteiger partial charge in [-0.15, -0.1) is 12.0 Å². The fraction of sp³-hybridized carbons (Fsp3) is 0.167. The first-order valence-corrected chi connectivity index (χ1v) is 4.20. The van der Waals surface area contributed by atoms with Crippen LogP contribution in [0.5, 0.6) is 0 Å². The Morgan fingerprint density at radius 2 is 1.67 bits per heavy atom. The standard InChI is InChI=1S/C12H11.2ClH.Hf/c1-10-7-8-12(9-10)11-5-3-2-4-6-11;;;/h2-6,9H,8H2,1H3;2*1H;/q-1;;;/p-2. The van der Waals surface area contributed by atoms with Crippen LogP contribution in [0.2, 0.25) is 0 Å². The molecule has 0 spiro atoms. The van der Waals surface area contributed by atoms with Crippen molar-refractivity contribution in [3.8, 4) is 0 Å². The van der Waals surface area contributed by atoms with Crippen LogP contribution in [-0.4, -0.2) is 0 Å². The number of benzene rings is 1. The van der Waals surface area contributed by atoms with Gasteiger partial charge in [-0.2, -0.15) is 0 Å². The number of hydrogen-bond donors (Lipinski definition) is 0. The van der Waals surface area contributed by atoms with Gasteiger partial charge in [-0.25, -0.2) is 11.6 Å². The van der Waals surface area contributed by atoms with E-state index < -0.39 is 0 Å². The predicted molar refractivity (Wildman–Crippen MR) is 51.5 cm³/mol. The van der Waals surface area contributed by atoms with Crippen molar-refractivity contribution in [2.75, 3.05) is 0 Å². The van der Waals surface area contributed by atoms with E-state index in [2.05, 4.69) is 43.3 Å². The molecule has 0 bridgehead atoms. The van der Waals surface area contributed by atoms with Gasteiger partial charge in [0.05, 0.1) is 0 Å². The van der Waals surface area contributed by atoms with E-state index in [1.165, 1.54) is 16.7 Å². The van der Waals surface area contributed by atoms with Crippen LogP contribution in [0.25, 0.3) is 5.57 Å². The summed E-state index contributed by atoms with van der Waals surface area (Å²) in [4.78, 5) is 0. The first-order chi connectivity index (χ1) is 5.86. The minimum atomic E-state index is 0. The second-order valence-corrected chi connectivity index (χ2v) is 3.07. The fourth-order valence-electron chi connectivity index (χ4n) is 1.44. The van der Waals surface area contributed by atoms with Crippen LogP contribution < -0.4 is 24.8 Å². The molecule has 1 aliphatic rings. The van der Waals surface area contributed by atoms with E-state index in [9.17, 15) is 0 Å². The average Bonchev–Trinajstić information content (AvgIpc) is 2.54. The summed E-state index contributed by atoms with van der Waals surface area (Å²) in [6, 6.07) is 10.5. The molecule has 15 heavy (non-hydrogen) atoms.